The predicted octanol–water partition coefficient (Wildman–Crippen LogP) is 2.97. The van der Waals surface area contributed by atoms with Crippen LogP contribution < -0.4 is 9.64 Å². The number of nitriles is 1. The highest BCUT2D eigenvalue weighted by Gasteiger charge is 2.28. The van der Waals surface area contributed by atoms with E-state index in [1.165, 1.54) is 6.20 Å². The zero-order valence-corrected chi connectivity index (χ0v) is 14.7. The Balaban J connectivity index is 1.39. The SMILES string of the molecule is Cc1cc(N2CC[C@H](COc3nc(C4CC4)ncc3C#N)C2)ncc1F. The van der Waals surface area contributed by atoms with Gasteiger partial charge in [0.15, 0.2) is 0 Å². The molecule has 1 aliphatic heterocycles. The van der Waals surface area contributed by atoms with Gasteiger partial charge in [-0.2, -0.15) is 10.2 Å². The third-order valence-electron chi connectivity index (χ3n) is 4.93. The van der Waals surface area contributed by atoms with Crippen molar-refractivity contribution in [3.8, 4) is 11.9 Å². The molecule has 4 rings (SSSR count). The zero-order chi connectivity index (χ0) is 18.1. The summed E-state index contributed by atoms with van der Waals surface area (Å²) in [5.41, 5.74) is 0.974. The molecule has 6 nitrogen and oxygen atoms in total. The maximum Gasteiger partial charge on any atom is 0.235 e. The fourth-order valence-corrected chi connectivity index (χ4v) is 3.17. The van der Waals surface area contributed by atoms with Crippen molar-refractivity contribution >= 4 is 5.82 Å². The number of pyridine rings is 1. The molecule has 0 unspecified atom stereocenters. The lowest BCUT2D eigenvalue weighted by Gasteiger charge is -2.18. The van der Waals surface area contributed by atoms with Crippen LogP contribution in [0.25, 0.3) is 0 Å². The topological polar surface area (TPSA) is 74.9 Å². The van der Waals surface area contributed by atoms with Gasteiger partial charge in [0.2, 0.25) is 5.88 Å². The molecule has 2 fully saturated rings. The van der Waals surface area contributed by atoms with E-state index in [9.17, 15) is 9.65 Å². The summed E-state index contributed by atoms with van der Waals surface area (Å²) in [7, 11) is 0. The Morgan fingerprint density at radius 2 is 2.15 bits per heavy atom. The molecule has 134 valence electrons. The number of rotatable bonds is 5. The van der Waals surface area contributed by atoms with Crippen LogP contribution >= 0.6 is 0 Å². The monoisotopic (exact) mass is 353 g/mol. The van der Waals surface area contributed by atoms with Crippen LogP contribution in [0.15, 0.2) is 18.5 Å². The number of hydrogen-bond donors (Lipinski definition) is 0. The number of nitrogens with zero attached hydrogens (tertiary/aromatic N) is 5. The second-order valence-corrected chi connectivity index (χ2v) is 7.04. The van der Waals surface area contributed by atoms with E-state index in [4.69, 9.17) is 4.74 Å². The van der Waals surface area contributed by atoms with Gasteiger partial charge in [0.25, 0.3) is 0 Å². The molecule has 1 aliphatic carbocycles. The largest absolute Gasteiger partial charge is 0.476 e. The first-order valence-electron chi connectivity index (χ1n) is 8.91. The van der Waals surface area contributed by atoms with E-state index in [0.717, 1.165) is 44.0 Å². The first-order chi connectivity index (χ1) is 12.6. The molecule has 0 spiro atoms. The van der Waals surface area contributed by atoms with Crippen LogP contribution in [-0.4, -0.2) is 34.6 Å². The van der Waals surface area contributed by atoms with Gasteiger partial charge in [-0.15, -0.1) is 0 Å². The summed E-state index contributed by atoms with van der Waals surface area (Å²) in [4.78, 5) is 15.0. The van der Waals surface area contributed by atoms with Crippen LogP contribution in [0.4, 0.5) is 10.2 Å². The Labute approximate surface area is 151 Å². The summed E-state index contributed by atoms with van der Waals surface area (Å²) < 4.78 is 19.3. The molecule has 7 heteroatoms. The number of halogens is 1. The van der Waals surface area contributed by atoms with Crippen molar-refractivity contribution in [1.29, 1.82) is 5.26 Å². The third kappa shape index (κ3) is 3.45. The minimum Gasteiger partial charge on any atom is -0.476 e. The Bertz CT molecular complexity index is 861. The van der Waals surface area contributed by atoms with Gasteiger partial charge >= 0.3 is 0 Å². The Kier molecular flexibility index (Phi) is 4.41. The fourth-order valence-electron chi connectivity index (χ4n) is 3.17. The molecule has 0 N–H and O–H groups in total. The van der Waals surface area contributed by atoms with E-state index in [0.29, 0.717) is 35.4 Å². The van der Waals surface area contributed by atoms with Gasteiger partial charge in [-0.3, -0.25) is 0 Å². The van der Waals surface area contributed by atoms with Crippen molar-refractivity contribution in [2.75, 3.05) is 24.6 Å². The Morgan fingerprint density at radius 1 is 1.31 bits per heavy atom. The predicted molar refractivity (Wildman–Crippen MR) is 93.5 cm³/mol. The van der Waals surface area contributed by atoms with E-state index in [1.54, 1.807) is 19.2 Å². The van der Waals surface area contributed by atoms with E-state index < -0.39 is 0 Å². The summed E-state index contributed by atoms with van der Waals surface area (Å²) in [5.74, 6) is 2.40. The minimum absolute atomic E-state index is 0.285. The van der Waals surface area contributed by atoms with Gasteiger partial charge in [-0.1, -0.05) is 0 Å². The molecule has 1 saturated heterocycles. The summed E-state index contributed by atoms with van der Waals surface area (Å²) in [6.07, 6.45) is 6.00. The second-order valence-electron chi connectivity index (χ2n) is 7.04. The van der Waals surface area contributed by atoms with Crippen LogP contribution in [0.1, 0.15) is 42.1 Å². The highest BCUT2D eigenvalue weighted by molar-refractivity contribution is 5.42. The molecule has 2 aliphatic rings. The summed E-state index contributed by atoms with van der Waals surface area (Å²) in [6, 6.07) is 3.87. The quantitative estimate of drug-likeness (QED) is 0.823. The van der Waals surface area contributed by atoms with Gasteiger partial charge in [-0.25, -0.2) is 14.4 Å². The smallest absolute Gasteiger partial charge is 0.235 e. The van der Waals surface area contributed by atoms with Crippen LogP contribution in [0.2, 0.25) is 0 Å². The summed E-state index contributed by atoms with van der Waals surface area (Å²) in [6.45, 7) is 3.88. The molecule has 2 aromatic rings. The maximum absolute atomic E-state index is 13.4. The number of ether oxygens (including phenoxy) is 1. The average molecular weight is 353 g/mol. The molecule has 2 aromatic heterocycles. The lowest BCUT2D eigenvalue weighted by molar-refractivity contribution is 0.250. The van der Waals surface area contributed by atoms with Crippen molar-refractivity contribution < 1.29 is 9.13 Å². The number of anilines is 1. The number of hydrogen-bond acceptors (Lipinski definition) is 6. The summed E-state index contributed by atoms with van der Waals surface area (Å²) >= 11 is 0. The standard InChI is InChI=1S/C19H20FN5O/c1-12-6-17(22-9-16(12)20)25-5-4-13(10-25)11-26-19-15(7-21)8-23-18(24-19)14-2-3-14/h6,8-9,13-14H,2-5,10-11H2,1H3/t13-/m0/s1. The third-order valence-corrected chi connectivity index (χ3v) is 4.93. The average Bonchev–Trinajstić information content (AvgIpc) is 3.40. The normalized spacial score (nSPS) is 19.4. The van der Waals surface area contributed by atoms with Gasteiger partial charge in [0, 0.05) is 24.9 Å². The van der Waals surface area contributed by atoms with E-state index in [-0.39, 0.29) is 5.82 Å². The molecule has 0 aromatic carbocycles. The van der Waals surface area contributed by atoms with Crippen LogP contribution in [0.5, 0.6) is 5.88 Å². The van der Waals surface area contributed by atoms with Crippen molar-refractivity contribution in [1.82, 2.24) is 15.0 Å². The molecule has 0 amide bonds. The summed E-state index contributed by atoms with van der Waals surface area (Å²) in [5, 5.41) is 9.24. The van der Waals surface area contributed by atoms with Crippen molar-refractivity contribution in [2.45, 2.75) is 32.1 Å². The number of aryl methyl sites for hydroxylation is 1. The van der Waals surface area contributed by atoms with Crippen LogP contribution in [-0.2, 0) is 0 Å². The lowest BCUT2D eigenvalue weighted by atomic mass is 10.1. The highest BCUT2D eigenvalue weighted by Crippen LogP contribution is 2.38. The first-order valence-corrected chi connectivity index (χ1v) is 8.91. The van der Waals surface area contributed by atoms with Gasteiger partial charge in [0.05, 0.1) is 19.0 Å². The molecule has 0 radical (unpaired) electrons. The van der Waals surface area contributed by atoms with Crippen molar-refractivity contribution in [3.63, 3.8) is 0 Å². The molecule has 1 atom stereocenters. The van der Waals surface area contributed by atoms with E-state index in [2.05, 4.69) is 25.9 Å². The van der Waals surface area contributed by atoms with E-state index >= 15 is 0 Å². The molecule has 1 saturated carbocycles. The zero-order valence-electron chi connectivity index (χ0n) is 14.7. The molecule has 0 bridgehead atoms. The molecular formula is C19H20FN5O. The lowest BCUT2D eigenvalue weighted by Crippen LogP contribution is -2.23. The van der Waals surface area contributed by atoms with E-state index in [1.807, 2.05) is 0 Å². The number of aromatic nitrogens is 3. The highest BCUT2D eigenvalue weighted by atomic mass is 19.1. The molecular weight excluding hydrogens is 333 g/mol. The van der Waals surface area contributed by atoms with Gasteiger partial charge in [-0.05, 0) is 37.8 Å². The second kappa shape index (κ2) is 6.87. The van der Waals surface area contributed by atoms with Crippen LogP contribution in [0, 0.1) is 30.0 Å². The maximum atomic E-state index is 13.4. The fraction of sp³-hybridized carbons (Fsp3) is 0.474. The van der Waals surface area contributed by atoms with Gasteiger partial charge < -0.3 is 9.64 Å². The minimum atomic E-state index is -0.285. The Hall–Kier alpha value is -2.75. The molecule has 26 heavy (non-hydrogen) atoms. The first kappa shape index (κ1) is 16.7. The van der Waals surface area contributed by atoms with Crippen molar-refractivity contribution in [3.05, 3.63) is 41.2 Å². The van der Waals surface area contributed by atoms with Gasteiger partial charge in [0.1, 0.15) is 29.1 Å². The Morgan fingerprint density at radius 3 is 2.88 bits per heavy atom. The van der Waals surface area contributed by atoms with Crippen molar-refractivity contribution in [2.24, 2.45) is 5.92 Å². The molecule has 3 heterocycles. The van der Waals surface area contributed by atoms with Crippen LogP contribution in [0.3, 0.4) is 0 Å².